The van der Waals surface area contributed by atoms with Gasteiger partial charge in [-0.2, -0.15) is 0 Å². The standard InChI is InChI=1S/C9H16N2O2/c12-8-11-5-6-13-9(7-11)1-3-10-4-2-9/h8,10H,1-7H2. The number of rotatable bonds is 1. The molecule has 2 rings (SSSR count). The van der Waals surface area contributed by atoms with Crippen LogP contribution in [-0.4, -0.2) is 49.7 Å². The van der Waals surface area contributed by atoms with Gasteiger partial charge in [-0.25, -0.2) is 0 Å². The van der Waals surface area contributed by atoms with Crippen molar-refractivity contribution in [3.63, 3.8) is 0 Å². The lowest BCUT2D eigenvalue weighted by molar-refractivity contribution is -0.144. The molecule has 0 aromatic carbocycles. The molecule has 0 bridgehead atoms. The first-order valence-corrected chi connectivity index (χ1v) is 4.89. The molecule has 4 nitrogen and oxygen atoms in total. The first-order valence-electron chi connectivity index (χ1n) is 4.89. The van der Waals surface area contributed by atoms with Gasteiger partial charge in [-0.3, -0.25) is 4.79 Å². The molecule has 0 aromatic rings. The molecule has 2 aliphatic rings. The summed E-state index contributed by atoms with van der Waals surface area (Å²) < 4.78 is 5.80. The van der Waals surface area contributed by atoms with Crippen LogP contribution in [0.2, 0.25) is 0 Å². The zero-order chi connectivity index (χ0) is 9.15. The Morgan fingerprint density at radius 1 is 1.38 bits per heavy atom. The van der Waals surface area contributed by atoms with Crippen LogP contribution in [0.15, 0.2) is 0 Å². The minimum absolute atomic E-state index is 0.0373. The summed E-state index contributed by atoms with van der Waals surface area (Å²) in [5, 5.41) is 3.30. The second kappa shape index (κ2) is 3.64. The van der Waals surface area contributed by atoms with Crippen molar-refractivity contribution >= 4 is 6.41 Å². The number of carbonyl (C=O) groups is 1. The molecule has 2 saturated heterocycles. The topological polar surface area (TPSA) is 41.6 Å². The van der Waals surface area contributed by atoms with Gasteiger partial charge in [-0.15, -0.1) is 0 Å². The fourth-order valence-corrected chi connectivity index (χ4v) is 2.15. The third-order valence-corrected chi connectivity index (χ3v) is 2.94. The molecule has 0 saturated carbocycles. The molecule has 1 spiro atoms. The molecule has 0 radical (unpaired) electrons. The van der Waals surface area contributed by atoms with E-state index >= 15 is 0 Å². The SMILES string of the molecule is O=CN1CCOC2(CCNCC2)C1. The van der Waals surface area contributed by atoms with Crippen molar-refractivity contribution < 1.29 is 9.53 Å². The van der Waals surface area contributed by atoms with Crippen molar-refractivity contribution in [3.05, 3.63) is 0 Å². The maximum absolute atomic E-state index is 10.6. The molecule has 0 atom stereocenters. The van der Waals surface area contributed by atoms with Gasteiger partial charge in [0.05, 0.1) is 12.2 Å². The van der Waals surface area contributed by atoms with Crippen LogP contribution in [0.4, 0.5) is 0 Å². The molecule has 2 heterocycles. The molecule has 2 aliphatic heterocycles. The molecule has 2 fully saturated rings. The first-order chi connectivity index (χ1) is 6.35. The van der Waals surface area contributed by atoms with E-state index in [0.717, 1.165) is 45.4 Å². The average molecular weight is 184 g/mol. The number of amides is 1. The van der Waals surface area contributed by atoms with Crippen LogP contribution in [0.5, 0.6) is 0 Å². The predicted molar refractivity (Wildman–Crippen MR) is 48.4 cm³/mol. The Morgan fingerprint density at radius 2 is 2.15 bits per heavy atom. The summed E-state index contributed by atoms with van der Waals surface area (Å²) in [4.78, 5) is 12.5. The van der Waals surface area contributed by atoms with Crippen LogP contribution in [0.25, 0.3) is 0 Å². The van der Waals surface area contributed by atoms with Crippen LogP contribution in [0, 0.1) is 0 Å². The smallest absolute Gasteiger partial charge is 0.209 e. The molecule has 0 aromatic heterocycles. The minimum Gasteiger partial charge on any atom is -0.371 e. The summed E-state index contributed by atoms with van der Waals surface area (Å²) >= 11 is 0. The summed E-state index contributed by atoms with van der Waals surface area (Å²) in [7, 11) is 0. The number of nitrogens with one attached hydrogen (secondary N) is 1. The van der Waals surface area contributed by atoms with E-state index in [-0.39, 0.29) is 5.60 Å². The fraction of sp³-hybridized carbons (Fsp3) is 0.889. The summed E-state index contributed by atoms with van der Waals surface area (Å²) in [5.41, 5.74) is -0.0373. The summed E-state index contributed by atoms with van der Waals surface area (Å²) in [6.07, 6.45) is 2.99. The van der Waals surface area contributed by atoms with Gasteiger partial charge >= 0.3 is 0 Å². The molecule has 4 heteroatoms. The van der Waals surface area contributed by atoms with Crippen molar-refractivity contribution in [2.75, 3.05) is 32.8 Å². The molecule has 1 N–H and O–H groups in total. The van der Waals surface area contributed by atoms with E-state index in [1.54, 1.807) is 0 Å². The third-order valence-electron chi connectivity index (χ3n) is 2.94. The van der Waals surface area contributed by atoms with Crippen LogP contribution >= 0.6 is 0 Å². The number of ether oxygens (including phenoxy) is 1. The number of piperidine rings is 1. The van der Waals surface area contributed by atoms with Gasteiger partial charge in [0, 0.05) is 13.1 Å². The van der Waals surface area contributed by atoms with Crippen molar-refractivity contribution in [1.29, 1.82) is 0 Å². The highest BCUT2D eigenvalue weighted by atomic mass is 16.5. The summed E-state index contributed by atoms with van der Waals surface area (Å²) in [6.45, 7) is 4.23. The van der Waals surface area contributed by atoms with E-state index in [1.165, 1.54) is 0 Å². The van der Waals surface area contributed by atoms with Gasteiger partial charge in [-0.05, 0) is 25.9 Å². The highest BCUT2D eigenvalue weighted by molar-refractivity contribution is 5.47. The molecule has 74 valence electrons. The Labute approximate surface area is 78.2 Å². The molecule has 1 amide bonds. The van der Waals surface area contributed by atoms with E-state index in [1.807, 2.05) is 4.90 Å². The number of carbonyl (C=O) groups excluding carboxylic acids is 1. The van der Waals surface area contributed by atoms with Gasteiger partial charge in [0.25, 0.3) is 0 Å². The van der Waals surface area contributed by atoms with E-state index in [0.29, 0.717) is 6.61 Å². The predicted octanol–water partition coefficient (Wildman–Crippen LogP) is -0.403. The van der Waals surface area contributed by atoms with Crippen LogP contribution in [0.3, 0.4) is 0 Å². The number of nitrogens with zero attached hydrogens (tertiary/aromatic N) is 1. The summed E-state index contributed by atoms with van der Waals surface area (Å²) in [5.74, 6) is 0. The third kappa shape index (κ3) is 1.84. The van der Waals surface area contributed by atoms with Crippen molar-refractivity contribution in [2.45, 2.75) is 18.4 Å². The van der Waals surface area contributed by atoms with Crippen molar-refractivity contribution in [1.82, 2.24) is 10.2 Å². The monoisotopic (exact) mass is 184 g/mol. The minimum atomic E-state index is -0.0373. The normalized spacial score (nSPS) is 27.5. The fourth-order valence-electron chi connectivity index (χ4n) is 2.15. The van der Waals surface area contributed by atoms with Gasteiger partial charge < -0.3 is 15.0 Å². The molecule has 0 unspecified atom stereocenters. The average Bonchev–Trinajstić information content (AvgIpc) is 2.19. The van der Waals surface area contributed by atoms with Crippen molar-refractivity contribution in [2.24, 2.45) is 0 Å². The summed E-state index contributed by atoms with van der Waals surface area (Å²) in [6, 6.07) is 0. The lowest BCUT2D eigenvalue weighted by atomic mass is 9.90. The van der Waals surface area contributed by atoms with E-state index < -0.39 is 0 Å². The van der Waals surface area contributed by atoms with Crippen LogP contribution in [0.1, 0.15) is 12.8 Å². The molecular weight excluding hydrogens is 168 g/mol. The van der Waals surface area contributed by atoms with Crippen LogP contribution in [-0.2, 0) is 9.53 Å². The Hall–Kier alpha value is -0.610. The zero-order valence-electron chi connectivity index (χ0n) is 7.79. The second-order valence-electron chi connectivity index (χ2n) is 3.86. The number of hydrogen-bond donors (Lipinski definition) is 1. The quantitative estimate of drug-likeness (QED) is 0.564. The van der Waals surface area contributed by atoms with Crippen molar-refractivity contribution in [3.8, 4) is 0 Å². The van der Waals surface area contributed by atoms with E-state index in [9.17, 15) is 4.79 Å². The second-order valence-corrected chi connectivity index (χ2v) is 3.86. The Balaban J connectivity index is 1.99. The van der Waals surface area contributed by atoms with Gasteiger partial charge in [0.1, 0.15) is 0 Å². The lowest BCUT2D eigenvalue weighted by Gasteiger charge is -2.43. The van der Waals surface area contributed by atoms with Gasteiger partial charge in [0.15, 0.2) is 0 Å². The van der Waals surface area contributed by atoms with E-state index in [4.69, 9.17) is 4.74 Å². The highest BCUT2D eigenvalue weighted by Gasteiger charge is 2.37. The Bertz CT molecular complexity index is 185. The molecule has 0 aliphatic carbocycles. The molecular formula is C9H16N2O2. The van der Waals surface area contributed by atoms with Gasteiger partial charge in [-0.1, -0.05) is 0 Å². The largest absolute Gasteiger partial charge is 0.371 e. The highest BCUT2D eigenvalue weighted by Crippen LogP contribution is 2.26. The first kappa shape index (κ1) is 8.97. The number of hydrogen-bond acceptors (Lipinski definition) is 3. The maximum atomic E-state index is 10.6. The molecule has 13 heavy (non-hydrogen) atoms. The van der Waals surface area contributed by atoms with E-state index in [2.05, 4.69) is 5.32 Å². The number of morpholine rings is 1. The lowest BCUT2D eigenvalue weighted by Crippen LogP contribution is -2.55. The Morgan fingerprint density at radius 3 is 2.85 bits per heavy atom. The zero-order valence-corrected chi connectivity index (χ0v) is 7.79. The Kier molecular flexibility index (Phi) is 2.51. The maximum Gasteiger partial charge on any atom is 0.209 e. The van der Waals surface area contributed by atoms with Crippen LogP contribution < -0.4 is 5.32 Å². The van der Waals surface area contributed by atoms with Gasteiger partial charge in [0.2, 0.25) is 6.41 Å².